The SMILES string of the molecule is CC(C)NCC1(CN(C)Cc2cnn(C)c2)CCOC1. The van der Waals surface area contributed by atoms with Crippen molar-refractivity contribution in [2.24, 2.45) is 12.5 Å². The standard InChI is InChI=1S/C15H28N4O/c1-13(2)16-10-15(5-6-20-12-15)11-18(3)8-14-7-17-19(4)9-14/h7,9,13,16H,5-6,8,10-12H2,1-4H3. The van der Waals surface area contributed by atoms with Gasteiger partial charge in [0.1, 0.15) is 0 Å². The second-order valence-electron chi connectivity index (χ2n) is 6.53. The second kappa shape index (κ2) is 6.70. The van der Waals surface area contributed by atoms with Gasteiger partial charge in [-0.2, -0.15) is 5.10 Å². The zero-order valence-corrected chi connectivity index (χ0v) is 13.2. The van der Waals surface area contributed by atoms with Crippen molar-refractivity contribution in [3.05, 3.63) is 18.0 Å². The predicted octanol–water partition coefficient (Wildman–Crippen LogP) is 1.26. The molecule has 114 valence electrons. The van der Waals surface area contributed by atoms with Crippen molar-refractivity contribution >= 4 is 0 Å². The fraction of sp³-hybridized carbons (Fsp3) is 0.800. The van der Waals surface area contributed by atoms with Gasteiger partial charge in [-0.05, 0) is 13.5 Å². The first kappa shape index (κ1) is 15.5. The highest BCUT2D eigenvalue weighted by atomic mass is 16.5. The fourth-order valence-corrected chi connectivity index (χ4v) is 2.88. The summed E-state index contributed by atoms with van der Waals surface area (Å²) in [6.07, 6.45) is 5.17. The lowest BCUT2D eigenvalue weighted by atomic mass is 9.86. The van der Waals surface area contributed by atoms with Crippen molar-refractivity contribution in [3.63, 3.8) is 0 Å². The molecule has 20 heavy (non-hydrogen) atoms. The number of ether oxygens (including phenoxy) is 1. The first-order valence-electron chi connectivity index (χ1n) is 7.46. The van der Waals surface area contributed by atoms with Crippen molar-refractivity contribution in [2.75, 3.05) is 33.4 Å². The third-order valence-corrected chi connectivity index (χ3v) is 3.89. The predicted molar refractivity (Wildman–Crippen MR) is 80.5 cm³/mol. The van der Waals surface area contributed by atoms with Crippen LogP contribution < -0.4 is 5.32 Å². The Morgan fingerprint density at radius 3 is 2.90 bits per heavy atom. The minimum atomic E-state index is 0.251. The molecular weight excluding hydrogens is 252 g/mol. The molecule has 1 atom stereocenters. The first-order valence-corrected chi connectivity index (χ1v) is 7.46. The van der Waals surface area contributed by atoms with Crippen LogP contribution in [-0.2, 0) is 18.3 Å². The molecular formula is C15H28N4O. The maximum atomic E-state index is 5.66. The average Bonchev–Trinajstić information content (AvgIpc) is 2.97. The quantitative estimate of drug-likeness (QED) is 0.816. The molecule has 0 spiro atoms. The maximum absolute atomic E-state index is 5.66. The fourth-order valence-electron chi connectivity index (χ4n) is 2.88. The van der Waals surface area contributed by atoms with Crippen LogP contribution in [0.5, 0.6) is 0 Å². The van der Waals surface area contributed by atoms with Gasteiger partial charge in [-0.15, -0.1) is 0 Å². The number of aromatic nitrogens is 2. The van der Waals surface area contributed by atoms with Crippen LogP contribution in [0, 0.1) is 5.41 Å². The van der Waals surface area contributed by atoms with Gasteiger partial charge in [-0.1, -0.05) is 13.8 Å². The Labute approximate surface area is 122 Å². The minimum Gasteiger partial charge on any atom is -0.381 e. The van der Waals surface area contributed by atoms with E-state index in [9.17, 15) is 0 Å². The molecule has 0 bridgehead atoms. The lowest BCUT2D eigenvalue weighted by Crippen LogP contribution is -2.45. The van der Waals surface area contributed by atoms with E-state index >= 15 is 0 Å². The molecule has 1 aromatic heterocycles. The molecule has 1 aliphatic rings. The summed E-state index contributed by atoms with van der Waals surface area (Å²) in [7, 11) is 4.14. The van der Waals surface area contributed by atoms with E-state index in [4.69, 9.17) is 4.74 Å². The van der Waals surface area contributed by atoms with Gasteiger partial charge in [0, 0.05) is 56.5 Å². The van der Waals surface area contributed by atoms with Crippen molar-refractivity contribution < 1.29 is 4.74 Å². The molecule has 1 saturated heterocycles. The van der Waals surface area contributed by atoms with Crippen LogP contribution >= 0.6 is 0 Å². The van der Waals surface area contributed by atoms with E-state index in [2.05, 4.69) is 42.4 Å². The molecule has 1 N–H and O–H groups in total. The van der Waals surface area contributed by atoms with Crippen LogP contribution in [0.2, 0.25) is 0 Å². The van der Waals surface area contributed by atoms with Crippen LogP contribution in [0.3, 0.4) is 0 Å². The highest BCUT2D eigenvalue weighted by Gasteiger charge is 2.35. The Morgan fingerprint density at radius 1 is 1.55 bits per heavy atom. The maximum Gasteiger partial charge on any atom is 0.0547 e. The third-order valence-electron chi connectivity index (χ3n) is 3.89. The molecule has 2 heterocycles. The van der Waals surface area contributed by atoms with Crippen LogP contribution in [0.4, 0.5) is 0 Å². The Morgan fingerprint density at radius 2 is 2.35 bits per heavy atom. The summed E-state index contributed by atoms with van der Waals surface area (Å²) in [5.74, 6) is 0. The van der Waals surface area contributed by atoms with Gasteiger partial charge in [0.05, 0.1) is 12.8 Å². The van der Waals surface area contributed by atoms with Crippen LogP contribution in [0.1, 0.15) is 25.8 Å². The second-order valence-corrected chi connectivity index (χ2v) is 6.53. The monoisotopic (exact) mass is 280 g/mol. The largest absolute Gasteiger partial charge is 0.381 e. The molecule has 5 nitrogen and oxygen atoms in total. The van der Waals surface area contributed by atoms with Gasteiger partial charge in [0.15, 0.2) is 0 Å². The Hall–Kier alpha value is -0.910. The highest BCUT2D eigenvalue weighted by Crippen LogP contribution is 2.29. The zero-order chi connectivity index (χ0) is 14.6. The summed E-state index contributed by atoms with van der Waals surface area (Å²) in [5, 5.41) is 7.81. The van der Waals surface area contributed by atoms with Gasteiger partial charge in [-0.3, -0.25) is 4.68 Å². The summed E-state index contributed by atoms with van der Waals surface area (Å²) >= 11 is 0. The summed E-state index contributed by atoms with van der Waals surface area (Å²) in [6.45, 7) is 9.18. The van der Waals surface area contributed by atoms with Crippen LogP contribution in [0.25, 0.3) is 0 Å². The van der Waals surface area contributed by atoms with Crippen molar-refractivity contribution in [1.82, 2.24) is 20.0 Å². The van der Waals surface area contributed by atoms with Gasteiger partial charge in [0.2, 0.25) is 0 Å². The van der Waals surface area contributed by atoms with E-state index in [0.29, 0.717) is 6.04 Å². The van der Waals surface area contributed by atoms with Crippen LogP contribution in [0.15, 0.2) is 12.4 Å². The molecule has 1 fully saturated rings. The smallest absolute Gasteiger partial charge is 0.0547 e. The molecule has 1 unspecified atom stereocenters. The average molecular weight is 280 g/mol. The van der Waals surface area contributed by atoms with Crippen molar-refractivity contribution in [2.45, 2.75) is 32.9 Å². The normalized spacial score (nSPS) is 23.1. The molecule has 0 amide bonds. The molecule has 2 rings (SSSR count). The van der Waals surface area contributed by atoms with E-state index in [1.54, 1.807) is 0 Å². The van der Waals surface area contributed by atoms with Gasteiger partial charge in [-0.25, -0.2) is 0 Å². The van der Waals surface area contributed by atoms with Gasteiger partial charge in [0.25, 0.3) is 0 Å². The zero-order valence-electron chi connectivity index (χ0n) is 13.2. The Kier molecular flexibility index (Phi) is 5.18. The van der Waals surface area contributed by atoms with E-state index in [0.717, 1.165) is 39.3 Å². The third kappa shape index (κ3) is 4.30. The Bertz CT molecular complexity index is 410. The summed E-state index contributed by atoms with van der Waals surface area (Å²) < 4.78 is 7.52. The molecule has 0 saturated carbocycles. The molecule has 0 radical (unpaired) electrons. The van der Waals surface area contributed by atoms with E-state index < -0.39 is 0 Å². The number of nitrogens with zero attached hydrogens (tertiary/aromatic N) is 3. The van der Waals surface area contributed by atoms with E-state index in [-0.39, 0.29) is 5.41 Å². The highest BCUT2D eigenvalue weighted by molar-refractivity contribution is 5.03. The van der Waals surface area contributed by atoms with Crippen molar-refractivity contribution in [3.8, 4) is 0 Å². The van der Waals surface area contributed by atoms with Crippen molar-refractivity contribution in [1.29, 1.82) is 0 Å². The minimum absolute atomic E-state index is 0.251. The lowest BCUT2D eigenvalue weighted by Gasteiger charge is -2.33. The summed E-state index contributed by atoms with van der Waals surface area (Å²) in [5.41, 5.74) is 1.52. The number of nitrogens with one attached hydrogen (secondary N) is 1. The molecule has 5 heteroatoms. The van der Waals surface area contributed by atoms with E-state index in [1.807, 2.05) is 17.9 Å². The number of aryl methyl sites for hydroxylation is 1. The molecule has 0 aliphatic carbocycles. The molecule has 1 aromatic rings. The van der Waals surface area contributed by atoms with E-state index in [1.165, 1.54) is 5.56 Å². The van der Waals surface area contributed by atoms with Gasteiger partial charge < -0.3 is 15.0 Å². The Balaban J connectivity index is 1.90. The number of hydrogen-bond acceptors (Lipinski definition) is 4. The number of hydrogen-bond donors (Lipinski definition) is 1. The first-order chi connectivity index (χ1) is 9.49. The van der Waals surface area contributed by atoms with Crippen LogP contribution in [-0.4, -0.2) is 54.1 Å². The summed E-state index contributed by atoms with van der Waals surface area (Å²) in [4.78, 5) is 2.38. The molecule has 0 aromatic carbocycles. The molecule has 1 aliphatic heterocycles. The summed E-state index contributed by atoms with van der Waals surface area (Å²) in [6, 6.07) is 0.524. The van der Waals surface area contributed by atoms with Gasteiger partial charge >= 0.3 is 0 Å². The number of rotatable bonds is 7. The lowest BCUT2D eigenvalue weighted by molar-refractivity contribution is 0.115. The topological polar surface area (TPSA) is 42.3 Å².